The van der Waals surface area contributed by atoms with Crippen molar-refractivity contribution >= 4 is 51.9 Å². The standard InChI is InChI=1S/C20H18N2O3S2/c1-25-16-9-7-14(8-10-16)13-17-19(24)22(20(26)27-17)12-11-18(23)21-15-5-3-2-4-6-15/h2-10,13H,11-12H2,1H3,(H,21,23)/b17-13+. The maximum absolute atomic E-state index is 12.6. The zero-order valence-electron chi connectivity index (χ0n) is 14.7. The van der Waals surface area contributed by atoms with Gasteiger partial charge in [0.2, 0.25) is 5.91 Å². The Labute approximate surface area is 167 Å². The molecule has 0 radical (unpaired) electrons. The van der Waals surface area contributed by atoms with E-state index in [4.69, 9.17) is 17.0 Å². The third-order valence-corrected chi connectivity index (χ3v) is 5.28. The van der Waals surface area contributed by atoms with Gasteiger partial charge in [-0.2, -0.15) is 0 Å². The van der Waals surface area contributed by atoms with Gasteiger partial charge in [0.15, 0.2) is 0 Å². The zero-order chi connectivity index (χ0) is 19.2. The van der Waals surface area contributed by atoms with Crippen molar-refractivity contribution in [3.05, 3.63) is 65.1 Å². The lowest BCUT2D eigenvalue weighted by Gasteiger charge is -2.14. The fraction of sp³-hybridized carbons (Fsp3) is 0.150. The number of hydrogen-bond acceptors (Lipinski definition) is 5. The molecule has 0 aliphatic carbocycles. The fourth-order valence-corrected chi connectivity index (χ4v) is 3.81. The van der Waals surface area contributed by atoms with Crippen LogP contribution in [0.3, 0.4) is 0 Å². The van der Waals surface area contributed by atoms with Crippen molar-refractivity contribution in [1.29, 1.82) is 0 Å². The number of anilines is 1. The quantitative estimate of drug-likeness (QED) is 0.590. The van der Waals surface area contributed by atoms with E-state index < -0.39 is 0 Å². The smallest absolute Gasteiger partial charge is 0.266 e. The molecule has 0 atom stereocenters. The summed E-state index contributed by atoms with van der Waals surface area (Å²) in [5, 5.41) is 2.80. The van der Waals surface area contributed by atoms with Crippen LogP contribution in [0.1, 0.15) is 12.0 Å². The van der Waals surface area contributed by atoms with Crippen LogP contribution in [-0.4, -0.2) is 34.7 Å². The van der Waals surface area contributed by atoms with E-state index >= 15 is 0 Å². The van der Waals surface area contributed by atoms with Gasteiger partial charge >= 0.3 is 0 Å². The average molecular weight is 399 g/mol. The highest BCUT2D eigenvalue weighted by molar-refractivity contribution is 8.26. The molecular weight excluding hydrogens is 380 g/mol. The summed E-state index contributed by atoms with van der Waals surface area (Å²) in [5.41, 5.74) is 1.62. The van der Waals surface area contributed by atoms with Gasteiger partial charge in [-0.3, -0.25) is 14.5 Å². The van der Waals surface area contributed by atoms with Crippen molar-refractivity contribution in [2.45, 2.75) is 6.42 Å². The van der Waals surface area contributed by atoms with Crippen LogP contribution in [-0.2, 0) is 9.59 Å². The van der Waals surface area contributed by atoms with Crippen molar-refractivity contribution in [3.8, 4) is 5.75 Å². The molecule has 0 spiro atoms. The molecule has 5 nitrogen and oxygen atoms in total. The van der Waals surface area contributed by atoms with Gasteiger partial charge in [0.25, 0.3) is 5.91 Å². The number of para-hydroxylation sites is 1. The van der Waals surface area contributed by atoms with Crippen LogP contribution < -0.4 is 10.1 Å². The number of carbonyl (C=O) groups excluding carboxylic acids is 2. The van der Waals surface area contributed by atoms with E-state index in [-0.39, 0.29) is 24.8 Å². The maximum Gasteiger partial charge on any atom is 0.266 e. The monoisotopic (exact) mass is 398 g/mol. The van der Waals surface area contributed by atoms with Crippen LogP contribution in [0.25, 0.3) is 6.08 Å². The normalized spacial score (nSPS) is 15.3. The molecule has 1 N–H and O–H groups in total. The van der Waals surface area contributed by atoms with E-state index in [0.717, 1.165) is 17.0 Å². The Morgan fingerprint density at radius 3 is 2.56 bits per heavy atom. The predicted octanol–water partition coefficient (Wildman–Crippen LogP) is 3.93. The van der Waals surface area contributed by atoms with Crippen LogP contribution >= 0.6 is 24.0 Å². The number of nitrogens with zero attached hydrogens (tertiary/aromatic N) is 1. The molecule has 0 aromatic heterocycles. The minimum absolute atomic E-state index is 0.158. The molecule has 1 heterocycles. The van der Waals surface area contributed by atoms with Crippen LogP contribution in [0.15, 0.2) is 59.5 Å². The zero-order valence-corrected chi connectivity index (χ0v) is 16.3. The fourth-order valence-electron chi connectivity index (χ4n) is 2.50. The number of thiocarbonyl (C=S) groups is 1. The van der Waals surface area contributed by atoms with E-state index in [1.807, 2.05) is 54.6 Å². The molecular formula is C20H18N2O3S2. The summed E-state index contributed by atoms with van der Waals surface area (Å²) in [6, 6.07) is 16.6. The number of nitrogens with one attached hydrogen (secondary N) is 1. The van der Waals surface area contributed by atoms with Crippen molar-refractivity contribution in [1.82, 2.24) is 4.90 Å². The molecule has 0 bridgehead atoms. The minimum atomic E-state index is -0.173. The Kier molecular flexibility index (Phi) is 6.26. The minimum Gasteiger partial charge on any atom is -0.497 e. The summed E-state index contributed by atoms with van der Waals surface area (Å²) in [6.07, 6.45) is 1.97. The van der Waals surface area contributed by atoms with E-state index in [1.165, 1.54) is 16.7 Å². The highest BCUT2D eigenvalue weighted by atomic mass is 32.2. The molecule has 2 aromatic rings. The van der Waals surface area contributed by atoms with Gasteiger partial charge in [0, 0.05) is 18.7 Å². The molecule has 3 rings (SSSR count). The second-order valence-corrected chi connectivity index (χ2v) is 7.45. The van der Waals surface area contributed by atoms with Crippen molar-refractivity contribution in [3.63, 3.8) is 0 Å². The summed E-state index contributed by atoms with van der Waals surface area (Å²) in [7, 11) is 1.61. The number of benzene rings is 2. The van der Waals surface area contributed by atoms with Crippen molar-refractivity contribution in [2.24, 2.45) is 0 Å². The second kappa shape index (κ2) is 8.83. The average Bonchev–Trinajstić information content (AvgIpc) is 2.94. The Bertz CT molecular complexity index is 880. The number of thioether (sulfide) groups is 1. The number of rotatable bonds is 6. The molecule has 0 saturated carbocycles. The van der Waals surface area contributed by atoms with Gasteiger partial charge < -0.3 is 10.1 Å². The molecule has 7 heteroatoms. The van der Waals surface area contributed by atoms with Gasteiger partial charge in [-0.1, -0.05) is 54.3 Å². The van der Waals surface area contributed by atoms with Crippen LogP contribution in [0.2, 0.25) is 0 Å². The largest absolute Gasteiger partial charge is 0.497 e. The molecule has 1 fully saturated rings. The lowest BCUT2D eigenvalue weighted by molar-refractivity contribution is -0.122. The number of carbonyl (C=O) groups is 2. The summed E-state index contributed by atoms with van der Waals surface area (Å²) >= 11 is 6.56. The third kappa shape index (κ3) is 4.96. The molecule has 0 unspecified atom stereocenters. The van der Waals surface area contributed by atoms with Crippen LogP contribution in [0.5, 0.6) is 5.75 Å². The Morgan fingerprint density at radius 1 is 1.19 bits per heavy atom. The van der Waals surface area contributed by atoms with E-state index in [2.05, 4.69) is 5.32 Å². The van der Waals surface area contributed by atoms with Crippen molar-refractivity contribution < 1.29 is 14.3 Å². The third-order valence-electron chi connectivity index (χ3n) is 3.91. The number of ether oxygens (including phenoxy) is 1. The molecule has 1 aliphatic rings. The highest BCUT2D eigenvalue weighted by Gasteiger charge is 2.32. The lowest BCUT2D eigenvalue weighted by atomic mass is 10.2. The molecule has 27 heavy (non-hydrogen) atoms. The SMILES string of the molecule is COc1ccc(/C=C2/SC(=S)N(CCC(=O)Nc3ccccc3)C2=O)cc1. The van der Waals surface area contributed by atoms with E-state index in [0.29, 0.717) is 9.23 Å². The number of methoxy groups -OCH3 is 1. The lowest BCUT2D eigenvalue weighted by Crippen LogP contribution is -2.31. The molecule has 2 aromatic carbocycles. The van der Waals surface area contributed by atoms with Crippen LogP contribution in [0.4, 0.5) is 5.69 Å². The second-order valence-electron chi connectivity index (χ2n) is 5.77. The Morgan fingerprint density at radius 2 is 1.89 bits per heavy atom. The summed E-state index contributed by atoms with van der Waals surface area (Å²) in [5.74, 6) is 0.423. The highest BCUT2D eigenvalue weighted by Crippen LogP contribution is 2.32. The Balaban J connectivity index is 1.60. The summed E-state index contributed by atoms with van der Waals surface area (Å²) in [4.78, 5) is 26.7. The molecule has 138 valence electrons. The first-order valence-electron chi connectivity index (χ1n) is 8.31. The van der Waals surface area contributed by atoms with Gasteiger partial charge in [-0.25, -0.2) is 0 Å². The summed E-state index contributed by atoms with van der Waals surface area (Å²) in [6.45, 7) is 0.253. The van der Waals surface area contributed by atoms with Crippen molar-refractivity contribution in [2.75, 3.05) is 19.0 Å². The van der Waals surface area contributed by atoms with Gasteiger partial charge in [-0.15, -0.1) is 0 Å². The first-order chi connectivity index (χ1) is 13.1. The number of amides is 2. The molecule has 1 saturated heterocycles. The number of hydrogen-bond donors (Lipinski definition) is 1. The van der Waals surface area contributed by atoms with E-state index in [9.17, 15) is 9.59 Å². The molecule has 2 amide bonds. The summed E-state index contributed by atoms with van der Waals surface area (Å²) < 4.78 is 5.60. The topological polar surface area (TPSA) is 58.6 Å². The maximum atomic E-state index is 12.6. The first kappa shape index (κ1) is 19.1. The van der Waals surface area contributed by atoms with Crippen LogP contribution in [0, 0.1) is 0 Å². The Hall–Kier alpha value is -2.64. The molecule has 1 aliphatic heterocycles. The van der Waals surface area contributed by atoms with Gasteiger partial charge in [0.1, 0.15) is 10.1 Å². The van der Waals surface area contributed by atoms with Gasteiger partial charge in [0.05, 0.1) is 12.0 Å². The van der Waals surface area contributed by atoms with Gasteiger partial charge in [-0.05, 0) is 35.9 Å². The van der Waals surface area contributed by atoms with E-state index in [1.54, 1.807) is 13.2 Å². The predicted molar refractivity (Wildman–Crippen MR) is 113 cm³/mol. The first-order valence-corrected chi connectivity index (χ1v) is 9.53.